The van der Waals surface area contributed by atoms with Crippen molar-refractivity contribution in [2.45, 2.75) is 0 Å². The van der Waals surface area contributed by atoms with Gasteiger partial charge in [0, 0.05) is 26.6 Å². The molecule has 0 saturated heterocycles. The van der Waals surface area contributed by atoms with Crippen LogP contribution in [0.1, 0.15) is 0 Å². The molecule has 0 spiro atoms. The van der Waals surface area contributed by atoms with Crippen LogP contribution in [0.15, 0.2) is 60.7 Å². The third-order valence-electron chi connectivity index (χ3n) is 3.13. The first-order chi connectivity index (χ1) is 9.06. The normalized spacial score (nSPS) is 11.2. The molecule has 0 bridgehead atoms. The van der Waals surface area contributed by atoms with Gasteiger partial charge in [0.15, 0.2) is 0 Å². The minimum Gasteiger partial charge on any atom is -0.331 e. The molecule has 2 aromatic rings. The second-order valence-corrected chi connectivity index (χ2v) is 8.17. The fraction of sp³-hybridized carbons (Fsp3) is 0.294. The monoisotopic (exact) mass is 378 g/mol. The van der Waals surface area contributed by atoms with Gasteiger partial charge in [-0.1, -0.05) is 60.7 Å². The van der Waals surface area contributed by atoms with E-state index in [-0.39, 0.29) is 28.3 Å². The SMILES string of the molecule is C[N+](C)(C)CCP(c1ccccc1)c1ccccc1.[Pd]. The summed E-state index contributed by atoms with van der Waals surface area (Å²) in [5, 5.41) is 2.97. The first kappa shape index (κ1) is 17.5. The smallest absolute Gasteiger partial charge is 0.0826 e. The zero-order valence-electron chi connectivity index (χ0n) is 12.4. The van der Waals surface area contributed by atoms with Crippen molar-refractivity contribution >= 4 is 18.5 Å². The van der Waals surface area contributed by atoms with Crippen LogP contribution < -0.4 is 10.6 Å². The van der Waals surface area contributed by atoms with E-state index in [2.05, 4.69) is 81.8 Å². The zero-order valence-corrected chi connectivity index (χ0v) is 14.8. The summed E-state index contributed by atoms with van der Waals surface area (Å²) in [6.07, 6.45) is 1.24. The van der Waals surface area contributed by atoms with E-state index in [0.717, 1.165) is 4.48 Å². The van der Waals surface area contributed by atoms with Crippen LogP contribution in [0.3, 0.4) is 0 Å². The van der Waals surface area contributed by atoms with Gasteiger partial charge in [-0.15, -0.1) is 0 Å². The van der Waals surface area contributed by atoms with Crippen LogP contribution in [0.2, 0.25) is 0 Å². The summed E-state index contributed by atoms with van der Waals surface area (Å²) in [5.41, 5.74) is 0. The van der Waals surface area contributed by atoms with Crippen molar-refractivity contribution in [1.29, 1.82) is 0 Å². The van der Waals surface area contributed by atoms with Crippen LogP contribution in [-0.2, 0) is 20.4 Å². The van der Waals surface area contributed by atoms with E-state index in [1.54, 1.807) is 0 Å². The van der Waals surface area contributed by atoms with Crippen LogP contribution in [-0.4, -0.2) is 38.3 Å². The van der Waals surface area contributed by atoms with Crippen molar-refractivity contribution in [3.63, 3.8) is 0 Å². The summed E-state index contributed by atoms with van der Waals surface area (Å²) >= 11 is 0. The molecule has 0 amide bonds. The largest absolute Gasteiger partial charge is 0.331 e. The Hall–Kier alpha value is -0.508. The van der Waals surface area contributed by atoms with Gasteiger partial charge in [-0.2, -0.15) is 0 Å². The summed E-state index contributed by atoms with van der Waals surface area (Å²) in [6.45, 7) is 1.20. The van der Waals surface area contributed by atoms with Crippen molar-refractivity contribution in [2.24, 2.45) is 0 Å². The van der Waals surface area contributed by atoms with Crippen LogP contribution in [0.25, 0.3) is 0 Å². The van der Waals surface area contributed by atoms with E-state index in [4.69, 9.17) is 0 Å². The maximum atomic E-state index is 2.27. The van der Waals surface area contributed by atoms with E-state index in [0.29, 0.717) is 0 Å². The first-order valence-corrected chi connectivity index (χ1v) is 8.27. The Morgan fingerprint density at radius 3 is 1.50 bits per heavy atom. The summed E-state index contributed by atoms with van der Waals surface area (Å²) in [7, 11) is 6.57. The van der Waals surface area contributed by atoms with Gasteiger partial charge < -0.3 is 4.48 Å². The minimum atomic E-state index is -0.231. The Morgan fingerprint density at radius 1 is 0.750 bits per heavy atom. The molecule has 2 rings (SSSR count). The topological polar surface area (TPSA) is 0 Å². The molecule has 20 heavy (non-hydrogen) atoms. The molecular weight excluding hydrogens is 356 g/mol. The van der Waals surface area contributed by atoms with E-state index in [1.165, 1.54) is 23.3 Å². The van der Waals surface area contributed by atoms with E-state index < -0.39 is 0 Å². The second kappa shape index (κ2) is 8.06. The van der Waals surface area contributed by atoms with E-state index in [1.807, 2.05) is 0 Å². The predicted molar refractivity (Wildman–Crippen MR) is 86.8 cm³/mol. The molecule has 3 heteroatoms. The fourth-order valence-electron chi connectivity index (χ4n) is 2.02. The maximum absolute atomic E-state index is 2.27. The molecule has 0 aliphatic carbocycles. The number of quaternary nitrogens is 1. The van der Waals surface area contributed by atoms with E-state index in [9.17, 15) is 0 Å². The van der Waals surface area contributed by atoms with Crippen LogP contribution in [0.5, 0.6) is 0 Å². The van der Waals surface area contributed by atoms with Gasteiger partial charge in [-0.25, -0.2) is 0 Å². The summed E-state index contributed by atoms with van der Waals surface area (Å²) in [6, 6.07) is 21.9. The van der Waals surface area contributed by atoms with E-state index >= 15 is 0 Å². The number of hydrogen-bond donors (Lipinski definition) is 0. The average Bonchev–Trinajstić information content (AvgIpc) is 2.40. The van der Waals surface area contributed by atoms with Crippen molar-refractivity contribution in [2.75, 3.05) is 33.8 Å². The molecule has 110 valence electrons. The molecule has 0 heterocycles. The number of benzene rings is 2. The van der Waals surface area contributed by atoms with Gasteiger partial charge in [0.05, 0.1) is 27.7 Å². The third kappa shape index (κ3) is 5.47. The molecule has 0 saturated carbocycles. The predicted octanol–water partition coefficient (Wildman–Crippen LogP) is 2.82. The van der Waals surface area contributed by atoms with Gasteiger partial charge in [0.1, 0.15) is 0 Å². The second-order valence-electron chi connectivity index (χ2n) is 5.84. The quantitative estimate of drug-likeness (QED) is 0.426. The van der Waals surface area contributed by atoms with Gasteiger partial charge >= 0.3 is 0 Å². The summed E-state index contributed by atoms with van der Waals surface area (Å²) in [4.78, 5) is 0. The van der Waals surface area contributed by atoms with Crippen molar-refractivity contribution in [1.82, 2.24) is 0 Å². The molecule has 0 N–H and O–H groups in total. The molecular formula is C17H23NPPd+. The minimum absolute atomic E-state index is 0. The Morgan fingerprint density at radius 2 is 1.15 bits per heavy atom. The molecule has 0 aliphatic heterocycles. The molecule has 0 radical (unpaired) electrons. The first-order valence-electron chi connectivity index (χ1n) is 6.74. The van der Waals surface area contributed by atoms with Gasteiger partial charge in [0.25, 0.3) is 0 Å². The molecule has 0 atom stereocenters. The van der Waals surface area contributed by atoms with Gasteiger partial charge in [-0.05, 0) is 18.5 Å². The van der Waals surface area contributed by atoms with Gasteiger partial charge in [-0.3, -0.25) is 0 Å². The number of nitrogens with zero attached hydrogens (tertiary/aromatic N) is 1. The van der Waals surface area contributed by atoms with Crippen molar-refractivity contribution < 1.29 is 24.9 Å². The molecule has 1 nitrogen and oxygen atoms in total. The summed E-state index contributed by atoms with van der Waals surface area (Å²) in [5.74, 6) is 0. The third-order valence-corrected chi connectivity index (χ3v) is 5.62. The molecule has 0 unspecified atom stereocenters. The molecule has 0 fully saturated rings. The zero-order chi connectivity index (χ0) is 13.7. The Bertz CT molecular complexity index is 454. The van der Waals surface area contributed by atoms with Crippen LogP contribution in [0.4, 0.5) is 0 Å². The fourth-order valence-corrected chi connectivity index (χ4v) is 4.70. The molecule has 2 aromatic carbocycles. The van der Waals surface area contributed by atoms with Crippen molar-refractivity contribution in [3.8, 4) is 0 Å². The maximum Gasteiger partial charge on any atom is 0.0826 e. The Kier molecular flexibility index (Phi) is 7.07. The summed E-state index contributed by atoms with van der Waals surface area (Å²) < 4.78 is 1.03. The molecule has 0 aliphatic rings. The Balaban J connectivity index is 0.00000200. The van der Waals surface area contributed by atoms with Crippen LogP contribution in [0, 0.1) is 0 Å². The standard InChI is InChI=1S/C17H23NP.Pd/c1-18(2,3)14-15-19(16-10-6-4-7-11-16)17-12-8-5-9-13-17;/h4-13H,14-15H2,1-3H3;/q+1;. The van der Waals surface area contributed by atoms with Gasteiger partial charge in [0.2, 0.25) is 0 Å². The Labute approximate surface area is 138 Å². The average molecular weight is 379 g/mol. The van der Waals surface area contributed by atoms with Crippen LogP contribution >= 0.6 is 7.92 Å². The number of hydrogen-bond acceptors (Lipinski definition) is 0. The molecule has 0 aromatic heterocycles. The van der Waals surface area contributed by atoms with Crippen molar-refractivity contribution in [3.05, 3.63) is 60.7 Å². The number of rotatable bonds is 5.